The number of benzene rings is 1. The van der Waals surface area contributed by atoms with E-state index in [-0.39, 0.29) is 17.1 Å². The van der Waals surface area contributed by atoms with Crippen molar-refractivity contribution in [2.24, 2.45) is 0 Å². The van der Waals surface area contributed by atoms with E-state index in [1.54, 1.807) is 22.8 Å². The molecule has 2 aromatic rings. The third-order valence-electron chi connectivity index (χ3n) is 4.85. The van der Waals surface area contributed by atoms with Crippen LogP contribution in [0.15, 0.2) is 23.0 Å². The van der Waals surface area contributed by atoms with Crippen LogP contribution in [-0.2, 0) is 6.54 Å². The Morgan fingerprint density at radius 2 is 1.67 bits per heavy atom. The number of hydrogen-bond acceptors (Lipinski definition) is 4. The van der Waals surface area contributed by atoms with Gasteiger partial charge in [-0.2, -0.15) is 0 Å². The van der Waals surface area contributed by atoms with Gasteiger partial charge >= 0.3 is 0 Å². The van der Waals surface area contributed by atoms with E-state index in [0.717, 1.165) is 43.9 Å². The summed E-state index contributed by atoms with van der Waals surface area (Å²) in [6.07, 6.45) is 8.66. The minimum atomic E-state index is -0.198. The summed E-state index contributed by atoms with van der Waals surface area (Å²) in [6, 6.07) is 5.06. The van der Waals surface area contributed by atoms with Crippen molar-refractivity contribution < 1.29 is 14.6 Å². The van der Waals surface area contributed by atoms with E-state index in [9.17, 15) is 9.90 Å². The van der Waals surface area contributed by atoms with Crippen LogP contribution < -0.4 is 15.0 Å². The second-order valence-corrected chi connectivity index (χ2v) is 6.99. The number of aromatic nitrogens is 1. The van der Waals surface area contributed by atoms with Crippen LogP contribution in [0.1, 0.15) is 65.2 Å². The number of unbranched alkanes of at least 4 members (excludes halogenated alkanes) is 6. The van der Waals surface area contributed by atoms with E-state index in [4.69, 9.17) is 9.47 Å². The molecule has 0 spiro atoms. The SMILES string of the molecule is CCCCCCOc1c(OC)c(=O)n(CCCCCC)c2cc(O)ccc12. The maximum Gasteiger partial charge on any atom is 0.297 e. The fourth-order valence-corrected chi connectivity index (χ4v) is 3.33. The van der Waals surface area contributed by atoms with Gasteiger partial charge in [-0.1, -0.05) is 52.4 Å². The Balaban J connectivity index is 2.39. The standard InChI is InChI=1S/C22H33NO4/c1-4-6-8-10-14-23-19-16-17(24)12-13-18(19)20(21(26-3)22(23)25)27-15-11-9-7-5-2/h12-13,16,24H,4-11,14-15H2,1-3H3. The molecule has 0 amide bonds. The van der Waals surface area contributed by atoms with Gasteiger partial charge in [0, 0.05) is 18.0 Å². The lowest BCUT2D eigenvalue weighted by atomic mass is 10.1. The number of nitrogens with zero attached hydrogens (tertiary/aromatic N) is 1. The van der Waals surface area contributed by atoms with Gasteiger partial charge in [0.05, 0.1) is 19.2 Å². The van der Waals surface area contributed by atoms with Crippen molar-refractivity contribution in [3.05, 3.63) is 28.6 Å². The summed E-state index contributed by atoms with van der Waals surface area (Å²) < 4.78 is 13.1. The van der Waals surface area contributed by atoms with E-state index in [2.05, 4.69) is 13.8 Å². The van der Waals surface area contributed by atoms with Crippen molar-refractivity contribution in [3.8, 4) is 17.2 Å². The van der Waals surface area contributed by atoms with Crippen LogP contribution >= 0.6 is 0 Å². The van der Waals surface area contributed by atoms with Gasteiger partial charge in [-0.25, -0.2) is 0 Å². The van der Waals surface area contributed by atoms with Crippen molar-refractivity contribution >= 4 is 10.9 Å². The van der Waals surface area contributed by atoms with E-state index >= 15 is 0 Å². The maximum atomic E-state index is 13.0. The molecule has 0 saturated carbocycles. The van der Waals surface area contributed by atoms with Crippen LogP contribution in [0.5, 0.6) is 17.2 Å². The second kappa shape index (κ2) is 10.9. The zero-order valence-corrected chi connectivity index (χ0v) is 16.9. The molecule has 0 aliphatic rings. The number of methoxy groups -OCH3 is 1. The number of fused-ring (bicyclic) bond motifs is 1. The van der Waals surface area contributed by atoms with Crippen LogP contribution in [0.4, 0.5) is 0 Å². The summed E-state index contributed by atoms with van der Waals surface area (Å²) >= 11 is 0. The molecule has 1 aromatic heterocycles. The van der Waals surface area contributed by atoms with E-state index in [0.29, 0.717) is 24.4 Å². The minimum absolute atomic E-state index is 0.142. The predicted octanol–water partition coefficient (Wildman–Crippen LogP) is 5.26. The number of pyridine rings is 1. The average Bonchev–Trinajstić information content (AvgIpc) is 2.66. The first kappa shape index (κ1) is 21.1. The predicted molar refractivity (Wildman–Crippen MR) is 110 cm³/mol. The molecular formula is C22H33NO4. The monoisotopic (exact) mass is 375 g/mol. The fourth-order valence-electron chi connectivity index (χ4n) is 3.33. The fraction of sp³-hybridized carbons (Fsp3) is 0.591. The first-order chi connectivity index (χ1) is 13.1. The Bertz CT molecular complexity index is 782. The number of phenols is 1. The van der Waals surface area contributed by atoms with E-state index in [1.165, 1.54) is 20.0 Å². The van der Waals surface area contributed by atoms with Gasteiger partial charge in [0.15, 0.2) is 5.75 Å². The topological polar surface area (TPSA) is 60.7 Å². The van der Waals surface area contributed by atoms with Crippen molar-refractivity contribution in [2.45, 2.75) is 71.8 Å². The number of hydrogen-bond donors (Lipinski definition) is 1. The molecule has 0 radical (unpaired) electrons. The summed E-state index contributed by atoms with van der Waals surface area (Å²) in [5.74, 6) is 0.876. The molecule has 0 unspecified atom stereocenters. The van der Waals surface area contributed by atoms with Crippen LogP contribution in [0, 0.1) is 0 Å². The van der Waals surface area contributed by atoms with Crippen LogP contribution in [0.25, 0.3) is 10.9 Å². The Labute approximate surface area is 161 Å². The van der Waals surface area contributed by atoms with Gasteiger partial charge < -0.3 is 19.1 Å². The summed E-state index contributed by atoms with van der Waals surface area (Å²) in [7, 11) is 1.51. The smallest absolute Gasteiger partial charge is 0.297 e. The Kier molecular flexibility index (Phi) is 8.49. The molecule has 0 fully saturated rings. The summed E-state index contributed by atoms with van der Waals surface area (Å²) in [5.41, 5.74) is 0.497. The minimum Gasteiger partial charge on any atom is -0.508 e. The van der Waals surface area contributed by atoms with Gasteiger partial charge in [0.25, 0.3) is 5.56 Å². The molecule has 0 aliphatic heterocycles. The van der Waals surface area contributed by atoms with Crippen molar-refractivity contribution in [2.75, 3.05) is 13.7 Å². The van der Waals surface area contributed by atoms with Crippen molar-refractivity contribution in [3.63, 3.8) is 0 Å². The molecule has 0 saturated heterocycles. The molecule has 2 rings (SSSR count). The normalized spacial score (nSPS) is 11.1. The molecule has 0 bridgehead atoms. The first-order valence-electron chi connectivity index (χ1n) is 10.2. The van der Waals surface area contributed by atoms with E-state index in [1.807, 2.05) is 0 Å². The third kappa shape index (κ3) is 5.41. The van der Waals surface area contributed by atoms with Gasteiger partial charge in [-0.05, 0) is 25.0 Å². The Morgan fingerprint density at radius 3 is 2.33 bits per heavy atom. The molecule has 1 aromatic carbocycles. The van der Waals surface area contributed by atoms with Crippen LogP contribution in [0.2, 0.25) is 0 Å². The van der Waals surface area contributed by atoms with Crippen molar-refractivity contribution in [1.82, 2.24) is 4.57 Å². The molecule has 5 heteroatoms. The number of aryl methyl sites for hydroxylation is 1. The highest BCUT2D eigenvalue weighted by Gasteiger charge is 2.19. The average molecular weight is 376 g/mol. The van der Waals surface area contributed by atoms with Crippen LogP contribution in [0.3, 0.4) is 0 Å². The Hall–Kier alpha value is -2.17. The Morgan fingerprint density at radius 1 is 0.963 bits per heavy atom. The molecule has 0 atom stereocenters. The highest BCUT2D eigenvalue weighted by atomic mass is 16.5. The molecular weight excluding hydrogens is 342 g/mol. The number of phenolic OH excluding ortho intramolecular Hbond substituents is 1. The molecule has 27 heavy (non-hydrogen) atoms. The molecule has 1 heterocycles. The first-order valence-corrected chi connectivity index (χ1v) is 10.2. The number of aromatic hydroxyl groups is 1. The van der Waals surface area contributed by atoms with Gasteiger partial charge in [0.2, 0.25) is 5.75 Å². The highest BCUT2D eigenvalue weighted by molar-refractivity contribution is 5.89. The number of ether oxygens (including phenoxy) is 2. The largest absolute Gasteiger partial charge is 0.508 e. The summed E-state index contributed by atoms with van der Waals surface area (Å²) in [4.78, 5) is 13.0. The zero-order valence-electron chi connectivity index (χ0n) is 16.9. The summed E-state index contributed by atoms with van der Waals surface area (Å²) in [5, 5.41) is 10.8. The molecule has 150 valence electrons. The second-order valence-electron chi connectivity index (χ2n) is 6.99. The van der Waals surface area contributed by atoms with Gasteiger partial charge in [0.1, 0.15) is 5.75 Å². The van der Waals surface area contributed by atoms with Gasteiger partial charge in [-0.15, -0.1) is 0 Å². The van der Waals surface area contributed by atoms with E-state index < -0.39 is 0 Å². The quantitative estimate of drug-likeness (QED) is 0.514. The lowest BCUT2D eigenvalue weighted by molar-refractivity contribution is 0.285. The lowest BCUT2D eigenvalue weighted by Crippen LogP contribution is -2.23. The zero-order chi connectivity index (χ0) is 19.6. The molecule has 0 aliphatic carbocycles. The third-order valence-corrected chi connectivity index (χ3v) is 4.85. The van der Waals surface area contributed by atoms with Gasteiger partial charge in [-0.3, -0.25) is 4.79 Å². The van der Waals surface area contributed by atoms with Crippen LogP contribution in [-0.4, -0.2) is 23.4 Å². The molecule has 5 nitrogen and oxygen atoms in total. The highest BCUT2D eigenvalue weighted by Crippen LogP contribution is 2.34. The van der Waals surface area contributed by atoms with Crippen molar-refractivity contribution in [1.29, 1.82) is 0 Å². The molecule has 1 N–H and O–H groups in total. The number of rotatable bonds is 12. The summed E-state index contributed by atoms with van der Waals surface area (Å²) in [6.45, 7) is 5.48. The lowest BCUT2D eigenvalue weighted by Gasteiger charge is -2.18. The maximum absolute atomic E-state index is 13.0.